The molecule has 0 saturated carbocycles. The van der Waals surface area contributed by atoms with Gasteiger partial charge in [0, 0.05) is 62.9 Å². The van der Waals surface area contributed by atoms with E-state index < -0.39 is 5.82 Å². The number of aromatic nitrogens is 4. The van der Waals surface area contributed by atoms with Crippen LogP contribution in [0, 0.1) is 11.2 Å². The van der Waals surface area contributed by atoms with Gasteiger partial charge in [-0.1, -0.05) is 13.0 Å². The molecule has 0 aromatic carbocycles. The zero-order chi connectivity index (χ0) is 24.8. The van der Waals surface area contributed by atoms with Crippen LogP contribution in [0.2, 0.25) is 0 Å². The number of pyridine rings is 2. The van der Waals surface area contributed by atoms with Crippen molar-refractivity contribution in [3.8, 4) is 11.3 Å². The van der Waals surface area contributed by atoms with Crippen LogP contribution in [-0.2, 0) is 6.54 Å². The number of hydrogen-bond donors (Lipinski definition) is 3. The van der Waals surface area contributed by atoms with Gasteiger partial charge in [-0.3, -0.25) is 9.88 Å². The number of likely N-dealkylation sites (N-methyl/N-ethyl adjacent to an activating group) is 1. The van der Waals surface area contributed by atoms with E-state index in [9.17, 15) is 4.39 Å². The first-order valence-electron chi connectivity index (χ1n) is 11.9. The summed E-state index contributed by atoms with van der Waals surface area (Å²) in [7, 11) is 0. The van der Waals surface area contributed by atoms with Crippen molar-refractivity contribution in [2.75, 3.05) is 43.4 Å². The molecular formula is C25H32FN9. The fourth-order valence-electron chi connectivity index (χ4n) is 4.00. The Labute approximate surface area is 205 Å². The van der Waals surface area contributed by atoms with E-state index in [-0.39, 0.29) is 17.7 Å². The Hall–Kier alpha value is -3.50. The Bertz CT molecular complexity index is 1140. The smallest absolute Gasteiger partial charge is 0.229 e. The number of anilines is 3. The van der Waals surface area contributed by atoms with Crippen LogP contribution in [0.4, 0.5) is 21.8 Å². The third-order valence-electron chi connectivity index (χ3n) is 5.90. The fraction of sp³-hybridized carbons (Fsp3) is 0.400. The van der Waals surface area contributed by atoms with Gasteiger partial charge < -0.3 is 20.9 Å². The van der Waals surface area contributed by atoms with Crippen LogP contribution in [0.15, 0.2) is 36.8 Å². The summed E-state index contributed by atoms with van der Waals surface area (Å²) >= 11 is 0. The topological polar surface area (TPSA) is 106 Å². The molecule has 0 amide bonds. The molecule has 1 fully saturated rings. The molecule has 0 radical (unpaired) electrons. The number of nitrogens with one attached hydrogen (secondary N) is 3. The minimum absolute atomic E-state index is 0.126. The average molecular weight is 478 g/mol. The first-order valence-corrected chi connectivity index (χ1v) is 11.9. The molecule has 184 valence electrons. The van der Waals surface area contributed by atoms with E-state index in [1.54, 1.807) is 6.07 Å². The van der Waals surface area contributed by atoms with Gasteiger partial charge in [0.25, 0.3) is 0 Å². The molecule has 1 saturated heterocycles. The van der Waals surface area contributed by atoms with Crippen LogP contribution in [0.5, 0.6) is 0 Å². The first-order chi connectivity index (χ1) is 16.9. The molecule has 0 spiro atoms. The molecule has 3 aromatic rings. The van der Waals surface area contributed by atoms with Gasteiger partial charge in [0.15, 0.2) is 5.82 Å². The largest absolute Gasteiger partial charge is 0.381 e. The van der Waals surface area contributed by atoms with Gasteiger partial charge in [0.1, 0.15) is 17.2 Å². The van der Waals surface area contributed by atoms with E-state index in [0.717, 1.165) is 57.2 Å². The molecule has 0 atom stereocenters. The lowest BCUT2D eigenvalue weighted by Gasteiger charge is -2.33. The SMILES string of the molecule is CCN1CCN(Cc2ccc(Nc3ncc(F)c(-c4cnc(C=N)c(NC(C)C)c4)n3)nc2)CC1. The predicted octanol–water partition coefficient (Wildman–Crippen LogP) is 3.77. The number of hydrogen-bond acceptors (Lipinski definition) is 9. The standard InChI is InChI=1S/C25H32FN9/c1-4-34-7-9-35(10-8-34)16-18-5-6-23(29-13-18)32-25-30-15-20(26)24(33-25)19-11-21(31-17(2)3)22(12-27)28-14-19/h5-6,11-15,17,27,31H,4,7-10,16H2,1-3H3,(H,29,30,32,33). The lowest BCUT2D eigenvalue weighted by Crippen LogP contribution is -2.45. The molecule has 4 rings (SSSR count). The van der Waals surface area contributed by atoms with Crippen molar-refractivity contribution < 1.29 is 4.39 Å². The molecule has 35 heavy (non-hydrogen) atoms. The second-order valence-corrected chi connectivity index (χ2v) is 8.88. The lowest BCUT2D eigenvalue weighted by molar-refractivity contribution is 0.132. The molecule has 10 heteroatoms. The Kier molecular flexibility index (Phi) is 7.94. The number of rotatable bonds is 9. The third-order valence-corrected chi connectivity index (χ3v) is 5.90. The highest BCUT2D eigenvalue weighted by molar-refractivity contribution is 5.85. The summed E-state index contributed by atoms with van der Waals surface area (Å²) < 4.78 is 14.6. The van der Waals surface area contributed by atoms with Crippen molar-refractivity contribution in [3.05, 3.63) is 53.9 Å². The van der Waals surface area contributed by atoms with Gasteiger partial charge in [-0.25, -0.2) is 19.3 Å². The van der Waals surface area contributed by atoms with Crippen molar-refractivity contribution in [3.63, 3.8) is 0 Å². The van der Waals surface area contributed by atoms with Crippen LogP contribution in [0.1, 0.15) is 32.0 Å². The summed E-state index contributed by atoms with van der Waals surface area (Å²) in [6.07, 6.45) is 5.66. The molecule has 9 nitrogen and oxygen atoms in total. The van der Waals surface area contributed by atoms with Gasteiger partial charge >= 0.3 is 0 Å². The summed E-state index contributed by atoms with van der Waals surface area (Å²) in [4.78, 5) is 22.1. The molecule has 3 aromatic heterocycles. The summed E-state index contributed by atoms with van der Waals surface area (Å²) in [6.45, 7) is 12.5. The van der Waals surface area contributed by atoms with Crippen molar-refractivity contribution in [1.29, 1.82) is 5.41 Å². The molecule has 3 N–H and O–H groups in total. The predicted molar refractivity (Wildman–Crippen MR) is 137 cm³/mol. The maximum absolute atomic E-state index is 14.6. The summed E-state index contributed by atoms with van der Waals surface area (Å²) in [5, 5.41) is 13.9. The molecule has 0 aliphatic carbocycles. The van der Waals surface area contributed by atoms with E-state index in [1.807, 2.05) is 32.2 Å². The van der Waals surface area contributed by atoms with Crippen LogP contribution in [0.25, 0.3) is 11.3 Å². The molecule has 4 heterocycles. The van der Waals surface area contributed by atoms with Crippen molar-refractivity contribution in [2.45, 2.75) is 33.4 Å². The Morgan fingerprint density at radius 3 is 2.49 bits per heavy atom. The fourth-order valence-corrected chi connectivity index (χ4v) is 4.00. The highest BCUT2D eigenvalue weighted by Crippen LogP contribution is 2.26. The minimum Gasteiger partial charge on any atom is -0.381 e. The molecule has 1 aliphatic rings. The zero-order valence-electron chi connectivity index (χ0n) is 20.4. The van der Waals surface area contributed by atoms with Gasteiger partial charge in [0.2, 0.25) is 5.95 Å². The highest BCUT2D eigenvalue weighted by atomic mass is 19.1. The molecule has 1 aliphatic heterocycles. The van der Waals surface area contributed by atoms with Gasteiger partial charge in [-0.05, 0) is 38.1 Å². The number of halogens is 1. The average Bonchev–Trinajstić information content (AvgIpc) is 2.86. The van der Waals surface area contributed by atoms with Crippen LogP contribution >= 0.6 is 0 Å². The normalized spacial score (nSPS) is 14.8. The van der Waals surface area contributed by atoms with Crippen molar-refractivity contribution in [1.82, 2.24) is 29.7 Å². The molecular weight excluding hydrogens is 445 g/mol. The Morgan fingerprint density at radius 2 is 1.83 bits per heavy atom. The monoisotopic (exact) mass is 477 g/mol. The van der Waals surface area contributed by atoms with Crippen molar-refractivity contribution >= 4 is 23.7 Å². The van der Waals surface area contributed by atoms with E-state index in [1.165, 1.54) is 6.20 Å². The maximum atomic E-state index is 14.6. The van der Waals surface area contributed by atoms with E-state index in [2.05, 4.69) is 47.3 Å². The van der Waals surface area contributed by atoms with E-state index in [0.29, 0.717) is 22.8 Å². The second kappa shape index (κ2) is 11.3. The quantitative estimate of drug-likeness (QED) is 0.400. The minimum atomic E-state index is -0.554. The third kappa shape index (κ3) is 6.34. The van der Waals surface area contributed by atoms with Gasteiger partial charge in [-0.2, -0.15) is 0 Å². The molecule has 0 unspecified atom stereocenters. The zero-order valence-corrected chi connectivity index (χ0v) is 20.4. The van der Waals surface area contributed by atoms with E-state index in [4.69, 9.17) is 5.41 Å². The summed E-state index contributed by atoms with van der Waals surface area (Å²) in [5.41, 5.74) is 2.89. The van der Waals surface area contributed by atoms with Crippen LogP contribution < -0.4 is 10.6 Å². The van der Waals surface area contributed by atoms with Gasteiger partial charge in [0.05, 0.1) is 11.9 Å². The van der Waals surface area contributed by atoms with Gasteiger partial charge in [-0.15, -0.1) is 0 Å². The van der Waals surface area contributed by atoms with Crippen LogP contribution in [-0.4, -0.2) is 74.7 Å². The Morgan fingerprint density at radius 1 is 1.06 bits per heavy atom. The number of piperazine rings is 1. The highest BCUT2D eigenvalue weighted by Gasteiger charge is 2.16. The van der Waals surface area contributed by atoms with E-state index >= 15 is 0 Å². The lowest BCUT2D eigenvalue weighted by atomic mass is 10.1. The Balaban J connectivity index is 1.46. The summed E-state index contributed by atoms with van der Waals surface area (Å²) in [6, 6.07) is 5.80. The maximum Gasteiger partial charge on any atom is 0.229 e. The van der Waals surface area contributed by atoms with Crippen LogP contribution in [0.3, 0.4) is 0 Å². The summed E-state index contributed by atoms with van der Waals surface area (Å²) in [5.74, 6) is 0.273. The number of nitrogens with zero attached hydrogens (tertiary/aromatic N) is 6. The van der Waals surface area contributed by atoms with Crippen molar-refractivity contribution in [2.24, 2.45) is 0 Å². The molecule has 0 bridgehead atoms. The first kappa shape index (κ1) is 24.6. The second-order valence-electron chi connectivity index (χ2n) is 8.88.